The number of rotatable bonds is 4. The molecule has 2 heteroatoms. The zero-order valence-corrected chi connectivity index (χ0v) is 15.2. The van der Waals surface area contributed by atoms with Crippen LogP contribution in [0.15, 0.2) is 0 Å². The van der Waals surface area contributed by atoms with E-state index in [-0.39, 0.29) is 11.2 Å². The summed E-state index contributed by atoms with van der Waals surface area (Å²) in [5.74, 6) is 3.09. The molecule has 2 N–H and O–H groups in total. The van der Waals surface area contributed by atoms with Crippen molar-refractivity contribution < 1.29 is 4.74 Å². The van der Waals surface area contributed by atoms with Gasteiger partial charge in [0.1, 0.15) is 0 Å². The van der Waals surface area contributed by atoms with E-state index in [1.165, 1.54) is 51.4 Å². The molecular weight excluding hydrogens is 270 g/mol. The molecule has 2 nitrogen and oxygen atoms in total. The fraction of sp³-hybridized carbons (Fsp3) is 1.00. The number of hydrogen-bond donors (Lipinski definition) is 1. The summed E-state index contributed by atoms with van der Waals surface area (Å²) in [6.07, 6.45) is 12.1. The van der Waals surface area contributed by atoms with Crippen molar-refractivity contribution >= 4 is 0 Å². The van der Waals surface area contributed by atoms with Crippen LogP contribution in [0, 0.1) is 23.7 Å². The van der Waals surface area contributed by atoms with Crippen LogP contribution in [-0.2, 0) is 4.74 Å². The van der Waals surface area contributed by atoms with Gasteiger partial charge in [-0.05, 0) is 63.7 Å². The predicted molar refractivity (Wildman–Crippen MR) is 92.7 cm³/mol. The van der Waals surface area contributed by atoms with Gasteiger partial charge in [-0.15, -0.1) is 0 Å². The van der Waals surface area contributed by atoms with Gasteiger partial charge in [-0.2, -0.15) is 0 Å². The van der Waals surface area contributed by atoms with Gasteiger partial charge in [-0.1, -0.05) is 39.5 Å². The number of ether oxygens (including phenoxy) is 1. The van der Waals surface area contributed by atoms with E-state index in [9.17, 15) is 0 Å². The van der Waals surface area contributed by atoms with Crippen LogP contribution < -0.4 is 5.73 Å². The van der Waals surface area contributed by atoms with Gasteiger partial charge in [-0.25, -0.2) is 0 Å². The Balaban J connectivity index is 1.69. The molecule has 0 spiro atoms. The van der Waals surface area contributed by atoms with Crippen molar-refractivity contribution in [3.05, 3.63) is 0 Å². The van der Waals surface area contributed by atoms with Gasteiger partial charge >= 0.3 is 0 Å². The Morgan fingerprint density at radius 3 is 2.59 bits per heavy atom. The number of fused-ring (bicyclic) bond motifs is 3. The summed E-state index contributed by atoms with van der Waals surface area (Å²) in [6, 6.07) is 0.355. The fourth-order valence-electron chi connectivity index (χ4n) is 5.87. The van der Waals surface area contributed by atoms with Crippen molar-refractivity contribution in [2.75, 3.05) is 0 Å². The number of nitrogens with two attached hydrogens (primary N) is 1. The lowest BCUT2D eigenvalue weighted by Crippen LogP contribution is -2.66. The minimum Gasteiger partial charge on any atom is -0.368 e. The molecule has 0 unspecified atom stereocenters. The third-order valence-electron chi connectivity index (χ3n) is 7.01. The maximum absolute atomic E-state index is 6.76. The van der Waals surface area contributed by atoms with Gasteiger partial charge in [0, 0.05) is 12.0 Å². The highest BCUT2D eigenvalue weighted by Crippen LogP contribution is 2.55. The van der Waals surface area contributed by atoms with E-state index < -0.39 is 0 Å². The summed E-state index contributed by atoms with van der Waals surface area (Å²) >= 11 is 0. The molecule has 2 saturated heterocycles. The molecule has 2 bridgehead atoms. The largest absolute Gasteiger partial charge is 0.368 e. The molecule has 4 fully saturated rings. The minimum atomic E-state index is -0.0131. The van der Waals surface area contributed by atoms with E-state index in [1.54, 1.807) is 0 Å². The van der Waals surface area contributed by atoms with E-state index in [4.69, 9.17) is 10.5 Å². The van der Waals surface area contributed by atoms with Crippen molar-refractivity contribution in [2.45, 2.75) is 103 Å². The van der Waals surface area contributed by atoms with E-state index >= 15 is 0 Å². The predicted octanol–water partition coefficient (Wildman–Crippen LogP) is 4.90. The molecule has 0 radical (unpaired) electrons. The molecule has 4 aliphatic rings. The average molecular weight is 308 g/mol. The molecule has 0 aromatic rings. The highest BCUT2D eigenvalue weighted by atomic mass is 16.5. The minimum absolute atomic E-state index is 0.0131. The molecule has 0 aromatic carbocycles. The van der Waals surface area contributed by atoms with Crippen LogP contribution in [0.2, 0.25) is 0 Å². The lowest BCUT2D eigenvalue weighted by molar-refractivity contribution is -0.268. The summed E-state index contributed by atoms with van der Waals surface area (Å²) in [7, 11) is 0. The van der Waals surface area contributed by atoms with Crippen LogP contribution in [0.5, 0.6) is 0 Å². The molecule has 2 aliphatic heterocycles. The Hall–Kier alpha value is -0.0800. The second-order valence-corrected chi connectivity index (χ2v) is 9.48. The topological polar surface area (TPSA) is 35.2 Å². The van der Waals surface area contributed by atoms with Crippen molar-refractivity contribution in [3.8, 4) is 0 Å². The lowest BCUT2D eigenvalue weighted by atomic mass is 9.59. The monoisotopic (exact) mass is 307 g/mol. The van der Waals surface area contributed by atoms with Crippen LogP contribution in [0.3, 0.4) is 0 Å². The summed E-state index contributed by atoms with van der Waals surface area (Å²) < 4.78 is 6.76. The maximum atomic E-state index is 6.76. The molecule has 22 heavy (non-hydrogen) atoms. The van der Waals surface area contributed by atoms with Crippen LogP contribution in [0.25, 0.3) is 0 Å². The van der Waals surface area contributed by atoms with Crippen LogP contribution >= 0.6 is 0 Å². The highest BCUT2D eigenvalue weighted by Gasteiger charge is 2.57. The molecule has 0 aromatic heterocycles. The van der Waals surface area contributed by atoms with E-state index in [0.717, 1.165) is 24.2 Å². The Bertz CT molecular complexity index is 391. The first-order chi connectivity index (χ1) is 10.3. The van der Waals surface area contributed by atoms with E-state index in [2.05, 4.69) is 27.7 Å². The Morgan fingerprint density at radius 1 is 1.18 bits per heavy atom. The average Bonchev–Trinajstić information content (AvgIpc) is 2.44. The summed E-state index contributed by atoms with van der Waals surface area (Å²) in [5.41, 5.74) is 6.63. The van der Waals surface area contributed by atoms with Gasteiger partial charge < -0.3 is 10.5 Å². The van der Waals surface area contributed by atoms with Crippen LogP contribution in [-0.4, -0.2) is 17.2 Å². The summed E-state index contributed by atoms with van der Waals surface area (Å²) in [6.45, 7) is 9.27. The highest BCUT2D eigenvalue weighted by molar-refractivity contribution is 5.08. The first-order valence-corrected chi connectivity index (χ1v) is 9.78. The molecule has 2 aliphatic carbocycles. The van der Waals surface area contributed by atoms with E-state index in [1.807, 2.05) is 0 Å². The molecule has 2 heterocycles. The molecule has 0 amide bonds. The van der Waals surface area contributed by atoms with E-state index in [0.29, 0.717) is 12.0 Å². The standard InChI is InChI=1S/C20H37NO/c1-14(2)8-9-15-6-5-7-16(12-15)20-11-10-17(18(21)13-20)19(3,4)22-20/h14-18H,5-13,21H2,1-4H3/t15-,16+,17-,18-,20+/m1/s1. The first-order valence-electron chi connectivity index (χ1n) is 9.78. The van der Waals surface area contributed by atoms with Crippen LogP contribution in [0.4, 0.5) is 0 Å². The van der Waals surface area contributed by atoms with Gasteiger partial charge in [0.25, 0.3) is 0 Å². The Morgan fingerprint density at radius 2 is 1.95 bits per heavy atom. The van der Waals surface area contributed by atoms with Gasteiger partial charge in [-0.3, -0.25) is 0 Å². The second-order valence-electron chi connectivity index (χ2n) is 9.48. The molecule has 4 rings (SSSR count). The second kappa shape index (κ2) is 6.09. The van der Waals surface area contributed by atoms with Crippen LogP contribution in [0.1, 0.15) is 85.5 Å². The van der Waals surface area contributed by atoms with Crippen molar-refractivity contribution in [2.24, 2.45) is 29.4 Å². The molecule has 128 valence electrons. The first kappa shape index (κ1) is 16.8. The smallest absolute Gasteiger partial charge is 0.0733 e. The molecule has 2 saturated carbocycles. The summed E-state index contributed by atoms with van der Waals surface area (Å²) in [4.78, 5) is 0. The zero-order valence-electron chi connectivity index (χ0n) is 15.2. The fourth-order valence-corrected chi connectivity index (χ4v) is 5.87. The van der Waals surface area contributed by atoms with Gasteiger partial charge in [0.15, 0.2) is 0 Å². The van der Waals surface area contributed by atoms with Crippen molar-refractivity contribution in [3.63, 3.8) is 0 Å². The zero-order chi connectivity index (χ0) is 16.0. The lowest BCUT2D eigenvalue weighted by Gasteiger charge is -2.61. The normalized spacial score (nSPS) is 44.5. The Labute approximate surface area is 137 Å². The Kier molecular flexibility index (Phi) is 4.64. The van der Waals surface area contributed by atoms with Gasteiger partial charge in [0.05, 0.1) is 11.2 Å². The van der Waals surface area contributed by atoms with Crippen molar-refractivity contribution in [1.82, 2.24) is 0 Å². The number of hydrogen-bond acceptors (Lipinski definition) is 2. The maximum Gasteiger partial charge on any atom is 0.0733 e. The third kappa shape index (κ3) is 3.11. The molecular formula is C20H37NO. The third-order valence-corrected chi connectivity index (χ3v) is 7.01. The SMILES string of the molecule is CC(C)CC[C@H]1CCC[C@H]([C@]23CC[C@H]([C@H](N)C2)C(C)(C)O3)C1. The quantitative estimate of drug-likeness (QED) is 0.801. The summed E-state index contributed by atoms with van der Waals surface area (Å²) in [5, 5.41) is 0. The molecule has 5 atom stereocenters. The van der Waals surface area contributed by atoms with Gasteiger partial charge in [0.2, 0.25) is 0 Å². The van der Waals surface area contributed by atoms with Crippen molar-refractivity contribution in [1.29, 1.82) is 0 Å².